The molecule has 1 aromatic heterocycles. The van der Waals surface area contributed by atoms with Gasteiger partial charge in [-0.25, -0.2) is 0 Å². The van der Waals surface area contributed by atoms with Gasteiger partial charge in [-0.15, -0.1) is 0 Å². The van der Waals surface area contributed by atoms with Crippen LogP contribution in [0.2, 0.25) is 0 Å². The first kappa shape index (κ1) is 22.0. The minimum absolute atomic E-state index is 0.223. The summed E-state index contributed by atoms with van der Waals surface area (Å²) in [5.41, 5.74) is 5.08. The first-order chi connectivity index (χ1) is 16.3. The van der Waals surface area contributed by atoms with Crippen molar-refractivity contribution in [2.45, 2.75) is 37.4 Å². The maximum atomic E-state index is 10.2. The van der Waals surface area contributed by atoms with Crippen molar-refractivity contribution in [3.63, 3.8) is 0 Å². The van der Waals surface area contributed by atoms with Gasteiger partial charge in [-0.1, -0.05) is 66.7 Å². The predicted molar refractivity (Wildman–Crippen MR) is 135 cm³/mol. The second-order valence-corrected chi connectivity index (χ2v) is 9.29. The fourth-order valence-corrected chi connectivity index (χ4v) is 5.49. The van der Waals surface area contributed by atoms with Crippen molar-refractivity contribution in [1.82, 2.24) is 14.8 Å². The highest BCUT2D eigenvalue weighted by molar-refractivity contribution is 5.69. The molecule has 0 spiro atoms. The number of aliphatic hydroxyl groups excluding tert-OH is 1. The Labute approximate surface area is 197 Å². The first-order valence-electron chi connectivity index (χ1n) is 12.1. The molecule has 0 aliphatic carbocycles. The molecule has 2 aliphatic heterocycles. The summed E-state index contributed by atoms with van der Waals surface area (Å²) in [6, 6.07) is 24.3. The van der Waals surface area contributed by atoms with E-state index in [1.165, 1.54) is 35.1 Å². The average Bonchev–Trinajstić information content (AvgIpc) is 2.85. The lowest BCUT2D eigenvalue weighted by atomic mass is 9.74. The smallest absolute Gasteiger partial charge is 0.0593 e. The lowest BCUT2D eigenvalue weighted by Gasteiger charge is -2.57. The Hall–Kier alpha value is -2.79. The summed E-state index contributed by atoms with van der Waals surface area (Å²) in [5.74, 6) is 0.375. The number of nitrogens with zero attached hydrogens (tertiary/aromatic N) is 3. The maximum Gasteiger partial charge on any atom is 0.0593 e. The van der Waals surface area contributed by atoms with E-state index in [9.17, 15) is 5.11 Å². The van der Waals surface area contributed by atoms with Crippen LogP contribution in [0.4, 0.5) is 0 Å². The Kier molecular flexibility index (Phi) is 6.96. The van der Waals surface area contributed by atoms with Gasteiger partial charge < -0.3 is 5.11 Å². The zero-order chi connectivity index (χ0) is 22.5. The standard InChI is InChI=1S/C29H33N3O/c33-22-28-29(26-12-10-24(11-13-26)9-8-23-6-2-1-3-7-23)27-21-31(18-4-5-19-32(27)28)20-25-14-16-30-17-15-25/h1-3,6-17,27-29,33H,4-5,18-22H2/b9-8+/t27-,28+,29-/m0/s1. The van der Waals surface area contributed by atoms with Crippen LogP contribution in [0.5, 0.6) is 0 Å². The van der Waals surface area contributed by atoms with Gasteiger partial charge in [0, 0.05) is 43.5 Å². The van der Waals surface area contributed by atoms with Crippen LogP contribution in [0.3, 0.4) is 0 Å². The van der Waals surface area contributed by atoms with Crippen LogP contribution in [0.15, 0.2) is 79.1 Å². The molecule has 0 radical (unpaired) electrons. The van der Waals surface area contributed by atoms with Gasteiger partial charge in [-0.2, -0.15) is 0 Å². The van der Waals surface area contributed by atoms with E-state index in [0.29, 0.717) is 12.0 Å². The summed E-state index contributed by atoms with van der Waals surface area (Å²) in [4.78, 5) is 9.30. The van der Waals surface area contributed by atoms with E-state index in [1.807, 2.05) is 18.5 Å². The number of hydrogen-bond acceptors (Lipinski definition) is 4. The Morgan fingerprint density at radius 3 is 2.27 bits per heavy atom. The third-order valence-corrected chi connectivity index (χ3v) is 7.20. The molecule has 2 saturated heterocycles. The van der Waals surface area contributed by atoms with Crippen LogP contribution in [-0.4, -0.2) is 58.2 Å². The Bertz CT molecular complexity index is 1040. The molecule has 0 saturated carbocycles. The monoisotopic (exact) mass is 439 g/mol. The lowest BCUT2D eigenvalue weighted by molar-refractivity contribution is -0.0655. The molecule has 4 nitrogen and oxygen atoms in total. The van der Waals surface area contributed by atoms with E-state index >= 15 is 0 Å². The van der Waals surface area contributed by atoms with Gasteiger partial charge in [0.2, 0.25) is 0 Å². The van der Waals surface area contributed by atoms with Gasteiger partial charge in [0.15, 0.2) is 0 Å². The number of hydrogen-bond donors (Lipinski definition) is 1. The second-order valence-electron chi connectivity index (χ2n) is 9.29. The van der Waals surface area contributed by atoms with Crippen molar-refractivity contribution < 1.29 is 5.11 Å². The Morgan fingerprint density at radius 2 is 1.55 bits per heavy atom. The molecule has 33 heavy (non-hydrogen) atoms. The molecule has 0 unspecified atom stereocenters. The molecule has 2 aromatic carbocycles. The van der Waals surface area contributed by atoms with Crippen molar-refractivity contribution in [2.75, 3.05) is 26.2 Å². The molecule has 3 atom stereocenters. The minimum Gasteiger partial charge on any atom is -0.395 e. The van der Waals surface area contributed by atoms with Crippen molar-refractivity contribution in [3.8, 4) is 0 Å². The van der Waals surface area contributed by atoms with E-state index < -0.39 is 0 Å². The van der Waals surface area contributed by atoms with Gasteiger partial charge >= 0.3 is 0 Å². The number of pyridine rings is 1. The Balaban J connectivity index is 1.31. The van der Waals surface area contributed by atoms with Crippen LogP contribution in [0.1, 0.15) is 41.0 Å². The number of rotatable bonds is 6. The molecule has 2 fully saturated rings. The van der Waals surface area contributed by atoms with E-state index in [1.54, 1.807) is 0 Å². The summed E-state index contributed by atoms with van der Waals surface area (Å²) in [6.07, 6.45) is 10.5. The highest BCUT2D eigenvalue weighted by atomic mass is 16.3. The highest BCUT2D eigenvalue weighted by Gasteiger charge is 2.48. The SMILES string of the molecule is OC[C@@H]1[C@@H](c2ccc(/C=C/c3ccccc3)cc2)[C@@H]2CN(Cc3ccncc3)CCCCN12. The van der Waals surface area contributed by atoms with Crippen LogP contribution in [-0.2, 0) is 6.54 Å². The molecule has 170 valence electrons. The van der Waals surface area contributed by atoms with Gasteiger partial charge in [0.05, 0.1) is 6.61 Å². The summed E-state index contributed by atoms with van der Waals surface area (Å²) in [5, 5.41) is 10.2. The topological polar surface area (TPSA) is 39.6 Å². The van der Waals surface area contributed by atoms with E-state index in [2.05, 4.69) is 87.6 Å². The highest BCUT2D eigenvalue weighted by Crippen LogP contribution is 2.42. The van der Waals surface area contributed by atoms with Crippen molar-refractivity contribution in [1.29, 1.82) is 0 Å². The third-order valence-electron chi connectivity index (χ3n) is 7.20. The minimum atomic E-state index is 0.223. The predicted octanol–water partition coefficient (Wildman–Crippen LogP) is 4.68. The quantitative estimate of drug-likeness (QED) is 0.566. The molecular formula is C29H33N3O. The molecule has 0 bridgehead atoms. The maximum absolute atomic E-state index is 10.2. The molecule has 4 heteroatoms. The summed E-state index contributed by atoms with van der Waals surface area (Å²) >= 11 is 0. The third kappa shape index (κ3) is 5.09. The van der Waals surface area contributed by atoms with Gasteiger partial charge in [-0.05, 0) is 60.3 Å². The van der Waals surface area contributed by atoms with Crippen molar-refractivity contribution >= 4 is 12.2 Å². The van der Waals surface area contributed by atoms with Crippen molar-refractivity contribution in [3.05, 3.63) is 101 Å². The number of fused-ring (bicyclic) bond motifs is 1. The largest absolute Gasteiger partial charge is 0.395 e. The van der Waals surface area contributed by atoms with E-state index in [-0.39, 0.29) is 12.6 Å². The molecule has 5 rings (SSSR count). The molecular weight excluding hydrogens is 406 g/mol. The molecule has 3 heterocycles. The lowest BCUT2D eigenvalue weighted by Crippen LogP contribution is -2.67. The fourth-order valence-electron chi connectivity index (χ4n) is 5.49. The zero-order valence-corrected chi connectivity index (χ0v) is 19.1. The number of benzene rings is 2. The van der Waals surface area contributed by atoms with E-state index in [0.717, 1.165) is 26.2 Å². The van der Waals surface area contributed by atoms with Gasteiger partial charge in [-0.3, -0.25) is 14.8 Å². The average molecular weight is 440 g/mol. The number of aromatic nitrogens is 1. The second kappa shape index (κ2) is 10.4. The molecule has 3 aromatic rings. The molecule has 0 amide bonds. The van der Waals surface area contributed by atoms with E-state index in [4.69, 9.17) is 0 Å². The molecule has 2 aliphatic rings. The van der Waals surface area contributed by atoms with Gasteiger partial charge in [0.1, 0.15) is 0 Å². The van der Waals surface area contributed by atoms with Crippen LogP contribution < -0.4 is 0 Å². The van der Waals surface area contributed by atoms with Crippen LogP contribution in [0, 0.1) is 0 Å². The van der Waals surface area contributed by atoms with Crippen LogP contribution >= 0.6 is 0 Å². The first-order valence-corrected chi connectivity index (χ1v) is 12.1. The summed E-state index contributed by atoms with van der Waals surface area (Å²) < 4.78 is 0. The number of aliphatic hydroxyl groups is 1. The summed E-state index contributed by atoms with van der Waals surface area (Å²) in [7, 11) is 0. The summed E-state index contributed by atoms with van der Waals surface area (Å²) in [6.45, 7) is 4.45. The fraction of sp³-hybridized carbons (Fsp3) is 0.345. The molecule has 1 N–H and O–H groups in total. The Morgan fingerprint density at radius 1 is 0.848 bits per heavy atom. The van der Waals surface area contributed by atoms with Gasteiger partial charge in [0.25, 0.3) is 0 Å². The van der Waals surface area contributed by atoms with Crippen LogP contribution in [0.25, 0.3) is 12.2 Å². The van der Waals surface area contributed by atoms with Crippen molar-refractivity contribution in [2.24, 2.45) is 0 Å². The zero-order valence-electron chi connectivity index (χ0n) is 19.1. The normalized spacial score (nSPS) is 24.1.